The summed E-state index contributed by atoms with van der Waals surface area (Å²) in [7, 11) is 0. The maximum Gasteiger partial charge on any atom is 0.333 e. The van der Waals surface area contributed by atoms with E-state index in [-0.39, 0.29) is 17.6 Å². The Morgan fingerprint density at radius 1 is 1.53 bits per heavy atom. The minimum Gasteiger partial charge on any atom is -0.329 e. The summed E-state index contributed by atoms with van der Waals surface area (Å²) >= 11 is 0. The highest BCUT2D eigenvalue weighted by Crippen LogP contribution is 2.29. The molecular formula is C8H8F2N2O3. The Morgan fingerprint density at radius 3 is 2.87 bits per heavy atom. The van der Waals surface area contributed by atoms with Crippen LogP contribution in [0.15, 0.2) is 15.8 Å². The van der Waals surface area contributed by atoms with Crippen molar-refractivity contribution in [3.8, 4) is 0 Å². The third-order valence-corrected chi connectivity index (χ3v) is 2.22. The van der Waals surface area contributed by atoms with E-state index in [9.17, 15) is 18.4 Å². The van der Waals surface area contributed by atoms with Crippen molar-refractivity contribution in [1.29, 1.82) is 0 Å². The van der Waals surface area contributed by atoms with E-state index in [1.54, 1.807) is 0 Å². The highest BCUT2D eigenvalue weighted by atomic mass is 19.2. The molecule has 0 bridgehead atoms. The molecule has 0 amide bonds. The molecule has 0 aliphatic carbocycles. The maximum absolute atomic E-state index is 13.9. The molecule has 2 rings (SSSR count). The van der Waals surface area contributed by atoms with Gasteiger partial charge in [0.1, 0.15) is 0 Å². The minimum atomic E-state index is -2.52. The first kappa shape index (κ1) is 10.0. The number of ether oxygens (including phenoxy) is 1. The van der Waals surface area contributed by atoms with Crippen LogP contribution in [-0.2, 0) is 10.7 Å². The average Bonchev–Trinajstić information content (AvgIpc) is 2.60. The van der Waals surface area contributed by atoms with Gasteiger partial charge in [0.05, 0.1) is 6.61 Å². The van der Waals surface area contributed by atoms with E-state index in [1.807, 2.05) is 4.98 Å². The van der Waals surface area contributed by atoms with Gasteiger partial charge in [0.2, 0.25) is 5.82 Å². The van der Waals surface area contributed by atoms with E-state index in [0.717, 1.165) is 0 Å². The third-order valence-electron chi connectivity index (χ3n) is 2.22. The second kappa shape index (κ2) is 3.27. The van der Waals surface area contributed by atoms with Crippen LogP contribution in [0.3, 0.4) is 0 Å². The zero-order chi connectivity index (χ0) is 11.1. The molecule has 2 heterocycles. The molecule has 1 aromatic rings. The van der Waals surface area contributed by atoms with Gasteiger partial charge in [-0.3, -0.25) is 4.79 Å². The molecule has 0 radical (unpaired) electrons. The Kier molecular flexibility index (Phi) is 2.18. The number of alkyl halides is 1. The normalized spacial score (nSPS) is 25.7. The maximum atomic E-state index is 13.9. The second-order valence-electron chi connectivity index (χ2n) is 3.22. The Balaban J connectivity index is 2.66. The van der Waals surface area contributed by atoms with Crippen LogP contribution in [0.2, 0.25) is 0 Å². The van der Waals surface area contributed by atoms with Crippen molar-refractivity contribution >= 4 is 0 Å². The molecule has 5 nitrogen and oxygen atoms in total. The lowest BCUT2D eigenvalue weighted by Crippen LogP contribution is -2.47. The van der Waals surface area contributed by atoms with Crippen LogP contribution in [0.4, 0.5) is 8.78 Å². The quantitative estimate of drug-likeness (QED) is 0.725. The predicted octanol–water partition coefficient (Wildman–Crippen LogP) is 0.0659. The van der Waals surface area contributed by atoms with E-state index in [0.29, 0.717) is 12.6 Å². The van der Waals surface area contributed by atoms with Crippen LogP contribution >= 0.6 is 0 Å². The minimum absolute atomic E-state index is 0.0961. The Bertz CT molecular complexity index is 487. The van der Waals surface area contributed by atoms with Gasteiger partial charge in [-0.25, -0.2) is 4.79 Å². The van der Waals surface area contributed by atoms with E-state index in [4.69, 9.17) is 0 Å². The van der Waals surface area contributed by atoms with Crippen LogP contribution in [0, 0.1) is 5.82 Å². The third kappa shape index (κ3) is 1.48. The highest BCUT2D eigenvalue weighted by molar-refractivity contribution is 4.91. The highest BCUT2D eigenvalue weighted by Gasteiger charge is 2.40. The molecule has 1 N–H and O–H groups in total. The van der Waals surface area contributed by atoms with Crippen molar-refractivity contribution in [3.05, 3.63) is 32.9 Å². The van der Waals surface area contributed by atoms with Crippen molar-refractivity contribution in [2.45, 2.75) is 18.8 Å². The summed E-state index contributed by atoms with van der Waals surface area (Å²) in [6.07, 6.45) is 0.831. The average molecular weight is 218 g/mol. The molecule has 1 aromatic heterocycles. The van der Waals surface area contributed by atoms with Crippen molar-refractivity contribution in [2.24, 2.45) is 0 Å². The number of aromatic amines is 1. The van der Waals surface area contributed by atoms with Gasteiger partial charge < -0.3 is 9.72 Å². The van der Waals surface area contributed by atoms with Gasteiger partial charge in [0.25, 0.3) is 11.5 Å². The number of rotatable bonds is 1. The number of nitrogens with one attached hydrogen (secondary N) is 1. The Hall–Kier alpha value is -1.50. The van der Waals surface area contributed by atoms with E-state index < -0.39 is 23.0 Å². The van der Waals surface area contributed by atoms with Gasteiger partial charge in [0, 0.05) is 12.6 Å². The molecule has 7 heteroatoms. The van der Waals surface area contributed by atoms with Gasteiger partial charge in [-0.05, 0) is 6.42 Å². The van der Waals surface area contributed by atoms with Crippen LogP contribution < -0.4 is 11.2 Å². The number of halogens is 2. The van der Waals surface area contributed by atoms with E-state index in [2.05, 4.69) is 4.74 Å². The van der Waals surface area contributed by atoms with Crippen LogP contribution in [0.1, 0.15) is 12.8 Å². The Morgan fingerprint density at radius 2 is 2.27 bits per heavy atom. The van der Waals surface area contributed by atoms with Gasteiger partial charge in [-0.15, -0.1) is 0 Å². The molecule has 1 aliphatic heterocycles. The summed E-state index contributed by atoms with van der Waals surface area (Å²) in [5, 5.41) is 0. The molecule has 1 unspecified atom stereocenters. The van der Waals surface area contributed by atoms with E-state index in [1.165, 1.54) is 0 Å². The lowest BCUT2D eigenvalue weighted by Gasteiger charge is -2.19. The summed E-state index contributed by atoms with van der Waals surface area (Å²) in [5.74, 6) is -3.74. The predicted molar refractivity (Wildman–Crippen MR) is 45.5 cm³/mol. The molecule has 0 saturated carbocycles. The van der Waals surface area contributed by atoms with Gasteiger partial charge in [-0.1, -0.05) is 0 Å². The first-order chi connectivity index (χ1) is 7.04. The fraction of sp³-hybridized carbons (Fsp3) is 0.500. The van der Waals surface area contributed by atoms with Crippen LogP contribution in [0.25, 0.3) is 0 Å². The van der Waals surface area contributed by atoms with Gasteiger partial charge >= 0.3 is 5.69 Å². The second-order valence-corrected chi connectivity index (χ2v) is 3.22. The first-order valence-electron chi connectivity index (χ1n) is 4.38. The SMILES string of the molecule is O=c1[nH]cc(F)c(=O)n1C1(F)CCCO1. The molecule has 1 fully saturated rings. The lowest BCUT2D eigenvalue weighted by molar-refractivity contribution is -0.178. The number of aromatic nitrogens is 2. The summed E-state index contributed by atoms with van der Waals surface area (Å²) in [4.78, 5) is 24.4. The van der Waals surface area contributed by atoms with Crippen molar-refractivity contribution in [1.82, 2.24) is 9.55 Å². The topological polar surface area (TPSA) is 64.1 Å². The fourth-order valence-electron chi connectivity index (χ4n) is 1.52. The summed E-state index contributed by atoms with van der Waals surface area (Å²) in [6.45, 7) is 0.0961. The van der Waals surface area contributed by atoms with Crippen LogP contribution in [-0.4, -0.2) is 16.2 Å². The van der Waals surface area contributed by atoms with Crippen LogP contribution in [0.5, 0.6) is 0 Å². The van der Waals surface area contributed by atoms with Crippen molar-refractivity contribution in [2.75, 3.05) is 6.61 Å². The lowest BCUT2D eigenvalue weighted by atomic mass is 10.3. The molecule has 0 spiro atoms. The zero-order valence-electron chi connectivity index (χ0n) is 7.63. The van der Waals surface area contributed by atoms with E-state index >= 15 is 0 Å². The molecule has 1 aliphatic rings. The summed E-state index contributed by atoms with van der Waals surface area (Å²) in [6, 6.07) is 0. The molecule has 15 heavy (non-hydrogen) atoms. The first-order valence-corrected chi connectivity index (χ1v) is 4.38. The molecule has 82 valence electrons. The Labute approximate surface area is 82.3 Å². The smallest absolute Gasteiger partial charge is 0.329 e. The van der Waals surface area contributed by atoms with Gasteiger partial charge in [-0.2, -0.15) is 13.3 Å². The number of nitrogens with zero attached hydrogens (tertiary/aromatic N) is 1. The number of hydrogen-bond acceptors (Lipinski definition) is 3. The molecule has 1 saturated heterocycles. The number of H-pyrrole nitrogens is 1. The monoisotopic (exact) mass is 218 g/mol. The molecule has 0 aromatic carbocycles. The largest absolute Gasteiger partial charge is 0.333 e. The molecular weight excluding hydrogens is 210 g/mol. The standard InChI is InChI=1S/C8H8F2N2O3/c9-5-4-11-7(14)12(6(5)13)8(10)2-1-3-15-8/h4H,1-3H2,(H,11,14). The number of hydrogen-bond donors (Lipinski definition) is 1. The van der Waals surface area contributed by atoms with Crippen molar-refractivity contribution in [3.63, 3.8) is 0 Å². The summed E-state index contributed by atoms with van der Waals surface area (Å²) in [5.41, 5.74) is -2.34. The summed E-state index contributed by atoms with van der Waals surface area (Å²) < 4.78 is 31.5. The van der Waals surface area contributed by atoms with Crippen molar-refractivity contribution < 1.29 is 13.5 Å². The fourth-order valence-corrected chi connectivity index (χ4v) is 1.52. The molecule has 1 atom stereocenters. The zero-order valence-corrected chi connectivity index (χ0v) is 7.63. The van der Waals surface area contributed by atoms with Gasteiger partial charge in [0.15, 0.2) is 0 Å².